The van der Waals surface area contributed by atoms with Gasteiger partial charge in [0, 0.05) is 36.8 Å². The summed E-state index contributed by atoms with van der Waals surface area (Å²) in [5.74, 6) is -0.952. The predicted octanol–water partition coefficient (Wildman–Crippen LogP) is 2.33. The molecule has 162 valence electrons. The van der Waals surface area contributed by atoms with Crippen LogP contribution in [0.15, 0.2) is 18.2 Å². The number of aryl methyl sites for hydroxylation is 1. The lowest BCUT2D eigenvalue weighted by Gasteiger charge is -2.30. The van der Waals surface area contributed by atoms with Gasteiger partial charge in [-0.2, -0.15) is 9.97 Å². The second-order valence-electron chi connectivity index (χ2n) is 7.77. The molecule has 4 rings (SSSR count). The number of carbonyl (C=O) groups is 2. The average Bonchev–Trinajstić information content (AvgIpc) is 2.74. The zero-order chi connectivity index (χ0) is 22.1. The fourth-order valence-electron chi connectivity index (χ4n) is 3.96. The standard InChI is InChI=1S/C20H23N7O4/c1-11-5-6-12(9-14(11)27(30)31)22-19(29)13-10-15(28)23-18-16(13)17(21)24-20(25-18)26-7-3-2-4-8-26/h5-6,9,13H,2-4,7-8,10H2,1H3,(H,22,29)(H3,21,23,24,25,28)/t13-/m0/s1. The van der Waals surface area contributed by atoms with E-state index in [4.69, 9.17) is 5.73 Å². The van der Waals surface area contributed by atoms with Crippen LogP contribution in [0.5, 0.6) is 0 Å². The van der Waals surface area contributed by atoms with Crippen LogP contribution in [0, 0.1) is 17.0 Å². The highest BCUT2D eigenvalue weighted by Gasteiger charge is 2.35. The zero-order valence-corrected chi connectivity index (χ0v) is 17.1. The molecular weight excluding hydrogens is 402 g/mol. The third kappa shape index (κ3) is 4.11. The van der Waals surface area contributed by atoms with Gasteiger partial charge >= 0.3 is 0 Å². The predicted molar refractivity (Wildman–Crippen MR) is 115 cm³/mol. The largest absolute Gasteiger partial charge is 0.383 e. The molecular formula is C20H23N7O4. The summed E-state index contributed by atoms with van der Waals surface area (Å²) < 4.78 is 0. The quantitative estimate of drug-likeness (QED) is 0.498. The molecule has 0 aliphatic carbocycles. The van der Waals surface area contributed by atoms with Crippen LogP contribution in [0.2, 0.25) is 0 Å². The molecule has 2 aromatic rings. The maximum Gasteiger partial charge on any atom is 0.274 e. The van der Waals surface area contributed by atoms with Gasteiger partial charge in [0.15, 0.2) is 0 Å². The molecule has 0 unspecified atom stereocenters. The fourth-order valence-corrected chi connectivity index (χ4v) is 3.96. The number of nitrogens with one attached hydrogen (secondary N) is 2. The molecule has 0 radical (unpaired) electrons. The van der Waals surface area contributed by atoms with Crippen LogP contribution >= 0.6 is 0 Å². The number of fused-ring (bicyclic) bond motifs is 1. The van der Waals surface area contributed by atoms with Crippen molar-refractivity contribution in [3.05, 3.63) is 39.4 Å². The molecule has 0 spiro atoms. The molecule has 11 heteroatoms. The zero-order valence-electron chi connectivity index (χ0n) is 17.1. The van der Waals surface area contributed by atoms with Crippen LogP contribution in [0.25, 0.3) is 0 Å². The molecule has 1 fully saturated rings. The molecule has 2 amide bonds. The minimum absolute atomic E-state index is 0.103. The number of aromatic nitrogens is 2. The van der Waals surface area contributed by atoms with Crippen molar-refractivity contribution in [1.29, 1.82) is 0 Å². The van der Waals surface area contributed by atoms with Crippen molar-refractivity contribution in [1.82, 2.24) is 9.97 Å². The smallest absolute Gasteiger partial charge is 0.274 e. The van der Waals surface area contributed by atoms with Gasteiger partial charge < -0.3 is 21.3 Å². The maximum atomic E-state index is 13.0. The summed E-state index contributed by atoms with van der Waals surface area (Å²) in [6.45, 7) is 3.23. The number of anilines is 4. The van der Waals surface area contributed by atoms with Gasteiger partial charge in [0.25, 0.3) is 5.69 Å². The van der Waals surface area contributed by atoms with Crippen molar-refractivity contribution in [2.45, 2.75) is 38.5 Å². The van der Waals surface area contributed by atoms with Gasteiger partial charge in [-0.25, -0.2) is 0 Å². The highest BCUT2D eigenvalue weighted by atomic mass is 16.6. The number of piperidine rings is 1. The summed E-state index contributed by atoms with van der Waals surface area (Å²) >= 11 is 0. The number of hydrogen-bond donors (Lipinski definition) is 3. The Kier molecular flexibility index (Phi) is 5.40. The SMILES string of the molecule is Cc1ccc(NC(=O)[C@H]2CC(=O)Nc3nc(N4CCCCC4)nc(N)c32)cc1[N+](=O)[O-]. The monoisotopic (exact) mass is 425 g/mol. The first-order chi connectivity index (χ1) is 14.8. The van der Waals surface area contributed by atoms with Crippen molar-refractivity contribution in [3.8, 4) is 0 Å². The molecule has 0 bridgehead atoms. The summed E-state index contributed by atoms with van der Waals surface area (Å²) in [6, 6.07) is 4.41. The highest BCUT2D eigenvalue weighted by Crippen LogP contribution is 2.37. The molecule has 4 N–H and O–H groups in total. The maximum absolute atomic E-state index is 13.0. The van der Waals surface area contributed by atoms with Gasteiger partial charge in [0.05, 0.1) is 16.4 Å². The van der Waals surface area contributed by atoms with Gasteiger partial charge in [0.1, 0.15) is 11.6 Å². The lowest BCUT2D eigenvalue weighted by atomic mass is 9.91. The van der Waals surface area contributed by atoms with Crippen LogP contribution < -0.4 is 21.3 Å². The van der Waals surface area contributed by atoms with Crippen LogP contribution in [0.1, 0.15) is 42.7 Å². The number of rotatable bonds is 4. The second-order valence-corrected chi connectivity index (χ2v) is 7.77. The molecule has 2 aliphatic heterocycles. The lowest BCUT2D eigenvalue weighted by Crippen LogP contribution is -2.35. The first-order valence-corrected chi connectivity index (χ1v) is 10.1. The van der Waals surface area contributed by atoms with E-state index in [1.807, 2.05) is 4.90 Å². The van der Waals surface area contributed by atoms with E-state index in [-0.39, 0.29) is 35.3 Å². The van der Waals surface area contributed by atoms with Gasteiger partial charge in [0.2, 0.25) is 17.8 Å². The van der Waals surface area contributed by atoms with Crippen molar-refractivity contribution in [2.24, 2.45) is 0 Å². The topological polar surface area (TPSA) is 156 Å². The Balaban J connectivity index is 1.63. The molecule has 0 saturated carbocycles. The van der Waals surface area contributed by atoms with E-state index < -0.39 is 16.7 Å². The average molecular weight is 425 g/mol. The molecule has 1 aromatic carbocycles. The Labute approximate surface area is 178 Å². The summed E-state index contributed by atoms with van der Waals surface area (Å²) in [4.78, 5) is 46.8. The number of nitrogens with zero attached hydrogens (tertiary/aromatic N) is 4. The van der Waals surface area contributed by atoms with Gasteiger partial charge in [-0.3, -0.25) is 19.7 Å². The Bertz CT molecular complexity index is 1070. The van der Waals surface area contributed by atoms with Crippen molar-refractivity contribution >= 4 is 40.8 Å². The summed E-state index contributed by atoms with van der Waals surface area (Å²) in [7, 11) is 0. The van der Waals surface area contributed by atoms with Crippen LogP contribution in [-0.2, 0) is 9.59 Å². The Morgan fingerprint density at radius 2 is 2.03 bits per heavy atom. The Hall–Kier alpha value is -3.76. The summed E-state index contributed by atoms with van der Waals surface area (Å²) in [5, 5.41) is 16.5. The summed E-state index contributed by atoms with van der Waals surface area (Å²) in [6.07, 6.45) is 3.08. The van der Waals surface area contributed by atoms with Crippen molar-refractivity contribution < 1.29 is 14.5 Å². The van der Waals surface area contributed by atoms with Crippen molar-refractivity contribution in [3.63, 3.8) is 0 Å². The number of nitro benzene ring substituents is 1. The number of nitrogen functional groups attached to an aromatic ring is 1. The first kappa shape index (κ1) is 20.5. The van der Waals surface area contributed by atoms with Crippen LogP contribution in [0.4, 0.5) is 29.0 Å². The van der Waals surface area contributed by atoms with E-state index in [0.29, 0.717) is 17.1 Å². The molecule has 1 saturated heterocycles. The van der Waals surface area contributed by atoms with Crippen LogP contribution in [-0.4, -0.2) is 39.8 Å². The van der Waals surface area contributed by atoms with E-state index in [9.17, 15) is 19.7 Å². The first-order valence-electron chi connectivity index (χ1n) is 10.1. The van der Waals surface area contributed by atoms with Gasteiger partial charge in [-0.1, -0.05) is 6.07 Å². The molecule has 1 aromatic heterocycles. The van der Waals surface area contributed by atoms with E-state index in [1.165, 1.54) is 6.07 Å². The third-order valence-corrected chi connectivity index (χ3v) is 5.59. The molecule has 2 aliphatic rings. The number of nitro groups is 1. The summed E-state index contributed by atoms with van der Waals surface area (Å²) in [5.41, 5.74) is 7.20. The normalized spacial score (nSPS) is 18.2. The Morgan fingerprint density at radius 3 is 2.74 bits per heavy atom. The van der Waals surface area contributed by atoms with Gasteiger partial charge in [-0.15, -0.1) is 0 Å². The lowest BCUT2D eigenvalue weighted by molar-refractivity contribution is -0.385. The second kappa shape index (κ2) is 8.17. The van der Waals surface area contributed by atoms with E-state index in [1.54, 1.807) is 19.1 Å². The fraction of sp³-hybridized carbons (Fsp3) is 0.400. The molecule has 11 nitrogen and oxygen atoms in total. The minimum Gasteiger partial charge on any atom is -0.383 e. The molecule has 3 heterocycles. The van der Waals surface area contributed by atoms with E-state index >= 15 is 0 Å². The molecule has 31 heavy (non-hydrogen) atoms. The van der Waals surface area contributed by atoms with Crippen LogP contribution in [0.3, 0.4) is 0 Å². The van der Waals surface area contributed by atoms with Gasteiger partial charge in [-0.05, 0) is 32.3 Å². The minimum atomic E-state index is -0.903. The Morgan fingerprint density at radius 1 is 1.29 bits per heavy atom. The van der Waals surface area contributed by atoms with E-state index in [0.717, 1.165) is 32.4 Å². The number of nitrogens with two attached hydrogens (primary N) is 1. The van der Waals surface area contributed by atoms with E-state index in [2.05, 4.69) is 20.6 Å². The number of carbonyl (C=O) groups excluding carboxylic acids is 2. The number of amides is 2. The number of hydrogen-bond acceptors (Lipinski definition) is 8. The van der Waals surface area contributed by atoms with Crippen molar-refractivity contribution in [2.75, 3.05) is 34.4 Å². The third-order valence-electron chi connectivity index (χ3n) is 5.59. The number of benzene rings is 1. The molecule has 1 atom stereocenters. The highest BCUT2D eigenvalue weighted by molar-refractivity contribution is 6.05.